The Labute approximate surface area is 115 Å². The Kier molecular flexibility index (Phi) is 3.67. The van der Waals surface area contributed by atoms with Gasteiger partial charge in [-0.1, -0.05) is 0 Å². The van der Waals surface area contributed by atoms with Crippen LogP contribution in [0.3, 0.4) is 0 Å². The lowest BCUT2D eigenvalue weighted by Gasteiger charge is -2.44. The maximum atomic E-state index is 12.0. The van der Waals surface area contributed by atoms with E-state index in [1.165, 1.54) is 12.8 Å². The van der Waals surface area contributed by atoms with E-state index in [2.05, 4.69) is 17.1 Å². The Morgan fingerprint density at radius 1 is 1.37 bits per heavy atom. The predicted molar refractivity (Wildman–Crippen MR) is 74.1 cm³/mol. The second kappa shape index (κ2) is 5.15. The van der Waals surface area contributed by atoms with E-state index >= 15 is 0 Å². The molecule has 0 amide bonds. The molecule has 1 aliphatic carbocycles. The molecule has 1 N–H and O–H groups in total. The minimum absolute atomic E-state index is 0.252. The maximum absolute atomic E-state index is 12.0. The lowest BCUT2D eigenvalue weighted by Crippen LogP contribution is -2.58. The Bertz CT molecular complexity index is 346. The van der Waals surface area contributed by atoms with Gasteiger partial charge in [-0.3, -0.25) is 9.69 Å². The van der Waals surface area contributed by atoms with E-state index in [-0.39, 0.29) is 5.78 Å². The first-order valence-electron chi connectivity index (χ1n) is 7.74. The summed E-state index contributed by atoms with van der Waals surface area (Å²) in [4.78, 5) is 14.5. The molecule has 19 heavy (non-hydrogen) atoms. The second-order valence-corrected chi connectivity index (χ2v) is 6.57. The maximum Gasteiger partial charge on any atom is 0.161 e. The smallest absolute Gasteiger partial charge is 0.161 e. The molecule has 0 aromatic heterocycles. The van der Waals surface area contributed by atoms with E-state index < -0.39 is 5.60 Å². The summed E-state index contributed by atoms with van der Waals surface area (Å²) in [6, 6.07) is 1.08. The molecule has 4 nitrogen and oxygen atoms in total. The van der Waals surface area contributed by atoms with Gasteiger partial charge in [0, 0.05) is 31.7 Å². The van der Waals surface area contributed by atoms with Gasteiger partial charge < -0.3 is 10.1 Å². The van der Waals surface area contributed by atoms with Crippen LogP contribution in [0, 0.1) is 5.92 Å². The van der Waals surface area contributed by atoms with Crippen LogP contribution in [0.1, 0.15) is 39.5 Å². The Morgan fingerprint density at radius 2 is 2.16 bits per heavy atom. The van der Waals surface area contributed by atoms with E-state index in [1.54, 1.807) is 6.92 Å². The van der Waals surface area contributed by atoms with Gasteiger partial charge in [0.2, 0.25) is 0 Å². The van der Waals surface area contributed by atoms with Crippen molar-refractivity contribution >= 4 is 5.78 Å². The van der Waals surface area contributed by atoms with Crippen molar-refractivity contribution in [3.63, 3.8) is 0 Å². The molecule has 0 aromatic carbocycles. The summed E-state index contributed by atoms with van der Waals surface area (Å²) in [6.45, 7) is 7.96. The number of rotatable bonds is 3. The highest BCUT2D eigenvalue weighted by atomic mass is 16.5. The third-order valence-electron chi connectivity index (χ3n) is 5.13. The molecule has 108 valence electrons. The number of Topliss-reactive ketones (excluding diaryl/α,β-unsaturated/α-hetero) is 1. The number of hydrogen-bond donors (Lipinski definition) is 1. The highest BCUT2D eigenvalue weighted by Crippen LogP contribution is 2.47. The zero-order valence-electron chi connectivity index (χ0n) is 12.2. The summed E-state index contributed by atoms with van der Waals surface area (Å²) in [6.07, 6.45) is 4.39. The third-order valence-corrected chi connectivity index (χ3v) is 5.13. The summed E-state index contributed by atoms with van der Waals surface area (Å²) < 4.78 is 6.14. The third kappa shape index (κ3) is 2.58. The van der Waals surface area contributed by atoms with Gasteiger partial charge in [0.15, 0.2) is 5.78 Å². The Morgan fingerprint density at radius 3 is 2.68 bits per heavy atom. The van der Waals surface area contributed by atoms with Gasteiger partial charge in [-0.05, 0) is 45.4 Å². The van der Waals surface area contributed by atoms with Gasteiger partial charge in [-0.15, -0.1) is 0 Å². The van der Waals surface area contributed by atoms with Crippen molar-refractivity contribution in [1.82, 2.24) is 10.2 Å². The van der Waals surface area contributed by atoms with Crippen molar-refractivity contribution in [2.45, 2.75) is 57.2 Å². The summed E-state index contributed by atoms with van der Waals surface area (Å²) >= 11 is 0. The van der Waals surface area contributed by atoms with Crippen molar-refractivity contribution in [2.24, 2.45) is 5.92 Å². The van der Waals surface area contributed by atoms with Crippen LogP contribution in [-0.2, 0) is 9.53 Å². The first-order chi connectivity index (χ1) is 9.12. The van der Waals surface area contributed by atoms with Crippen LogP contribution in [-0.4, -0.2) is 54.6 Å². The normalized spacial score (nSPS) is 41.2. The zero-order valence-corrected chi connectivity index (χ0v) is 12.2. The number of ketones is 1. The quantitative estimate of drug-likeness (QED) is 0.833. The van der Waals surface area contributed by atoms with Crippen molar-refractivity contribution in [3.05, 3.63) is 0 Å². The molecule has 0 aromatic rings. The molecule has 0 radical (unpaired) electrons. The predicted octanol–water partition coefficient (Wildman–Crippen LogP) is 1.20. The van der Waals surface area contributed by atoms with E-state index in [9.17, 15) is 4.79 Å². The standard InChI is InChI=1S/C15H26N2O2/c1-11-9-17(8-7-16-11)14-5-6-15(12(2)18,19-10-14)13-3-4-13/h11,13-14,16H,3-10H2,1-2H3/t11?,14?,15-/m1/s1. The minimum atomic E-state index is -0.420. The molecule has 2 unspecified atom stereocenters. The summed E-state index contributed by atoms with van der Waals surface area (Å²) in [5.74, 6) is 0.759. The topological polar surface area (TPSA) is 41.6 Å². The number of carbonyl (C=O) groups excluding carboxylic acids is 1. The van der Waals surface area contributed by atoms with E-state index in [1.807, 2.05) is 0 Å². The molecular formula is C15H26N2O2. The van der Waals surface area contributed by atoms with Crippen LogP contribution in [0.15, 0.2) is 0 Å². The van der Waals surface area contributed by atoms with Crippen LogP contribution >= 0.6 is 0 Å². The summed E-state index contributed by atoms with van der Waals surface area (Å²) in [5.41, 5.74) is -0.420. The van der Waals surface area contributed by atoms with Crippen molar-refractivity contribution in [3.8, 4) is 0 Å². The molecule has 3 rings (SSSR count). The van der Waals surface area contributed by atoms with Gasteiger partial charge in [0.25, 0.3) is 0 Å². The van der Waals surface area contributed by atoms with Gasteiger partial charge in [-0.2, -0.15) is 0 Å². The molecule has 3 fully saturated rings. The Hall–Kier alpha value is -0.450. The largest absolute Gasteiger partial charge is 0.365 e. The van der Waals surface area contributed by atoms with E-state index in [0.717, 1.165) is 39.1 Å². The summed E-state index contributed by atoms with van der Waals surface area (Å²) in [7, 11) is 0. The van der Waals surface area contributed by atoms with Crippen LogP contribution in [0.5, 0.6) is 0 Å². The molecular weight excluding hydrogens is 240 g/mol. The molecule has 4 heteroatoms. The van der Waals surface area contributed by atoms with Gasteiger partial charge in [-0.25, -0.2) is 0 Å². The van der Waals surface area contributed by atoms with E-state index in [0.29, 0.717) is 18.0 Å². The van der Waals surface area contributed by atoms with Crippen molar-refractivity contribution in [2.75, 3.05) is 26.2 Å². The number of hydrogen-bond acceptors (Lipinski definition) is 4. The van der Waals surface area contributed by atoms with Crippen LogP contribution < -0.4 is 5.32 Å². The molecule has 2 heterocycles. The fourth-order valence-corrected chi connectivity index (χ4v) is 3.80. The number of nitrogens with one attached hydrogen (secondary N) is 1. The van der Waals surface area contributed by atoms with Crippen molar-refractivity contribution in [1.29, 1.82) is 0 Å². The number of ether oxygens (including phenoxy) is 1. The Balaban J connectivity index is 1.60. The highest BCUT2D eigenvalue weighted by Gasteiger charge is 2.52. The molecule has 2 aliphatic heterocycles. The molecule has 0 spiro atoms. The van der Waals surface area contributed by atoms with Crippen LogP contribution in [0.4, 0.5) is 0 Å². The average molecular weight is 266 g/mol. The number of carbonyl (C=O) groups is 1. The molecule has 3 atom stereocenters. The fourth-order valence-electron chi connectivity index (χ4n) is 3.80. The first kappa shape index (κ1) is 13.5. The highest BCUT2D eigenvalue weighted by molar-refractivity contribution is 5.86. The van der Waals surface area contributed by atoms with Gasteiger partial charge >= 0.3 is 0 Å². The second-order valence-electron chi connectivity index (χ2n) is 6.57. The number of nitrogens with zero attached hydrogens (tertiary/aromatic N) is 1. The molecule has 3 aliphatic rings. The van der Waals surface area contributed by atoms with E-state index in [4.69, 9.17) is 4.74 Å². The van der Waals surface area contributed by atoms with Gasteiger partial charge in [0.05, 0.1) is 6.61 Å². The van der Waals surface area contributed by atoms with Crippen LogP contribution in [0.2, 0.25) is 0 Å². The number of piperazine rings is 1. The molecule has 1 saturated carbocycles. The van der Waals surface area contributed by atoms with Gasteiger partial charge in [0.1, 0.15) is 5.60 Å². The lowest BCUT2D eigenvalue weighted by molar-refractivity contribution is -0.160. The summed E-state index contributed by atoms with van der Waals surface area (Å²) in [5, 5.41) is 3.48. The van der Waals surface area contributed by atoms with Crippen LogP contribution in [0.25, 0.3) is 0 Å². The fraction of sp³-hybridized carbons (Fsp3) is 0.933. The SMILES string of the molecule is CC(=O)[C@@]1(C2CC2)CCC(N2CCNC(C)C2)CO1. The minimum Gasteiger partial charge on any atom is -0.365 e. The average Bonchev–Trinajstić information content (AvgIpc) is 3.23. The lowest BCUT2D eigenvalue weighted by atomic mass is 9.84. The molecule has 0 bridgehead atoms. The first-order valence-corrected chi connectivity index (χ1v) is 7.74. The zero-order chi connectivity index (χ0) is 13.5. The van der Waals surface area contributed by atoms with Crippen molar-refractivity contribution < 1.29 is 9.53 Å². The molecule has 2 saturated heterocycles. The monoisotopic (exact) mass is 266 g/mol.